The SMILES string of the molecule is CC1c2ccsc2CCN1c1cccc(F)c1C(N)=NO. The fourth-order valence-electron chi connectivity index (χ4n) is 2.89. The van der Waals surface area contributed by atoms with Gasteiger partial charge in [0, 0.05) is 11.4 Å². The van der Waals surface area contributed by atoms with Gasteiger partial charge in [0.15, 0.2) is 5.84 Å². The van der Waals surface area contributed by atoms with Crippen molar-refractivity contribution in [3.8, 4) is 0 Å². The Kier molecular flexibility index (Phi) is 3.55. The van der Waals surface area contributed by atoms with Crippen molar-refractivity contribution in [2.24, 2.45) is 10.9 Å². The Balaban J connectivity index is 2.08. The standard InChI is InChI=1S/C15H16FN3OS/c1-9-10-6-8-21-13(10)5-7-19(9)12-4-2-3-11(16)14(12)15(17)18-20/h2-4,6,8-9,20H,5,7H2,1H3,(H2,17,18). The number of nitrogens with two attached hydrogens (primary N) is 1. The second kappa shape index (κ2) is 5.37. The molecular weight excluding hydrogens is 289 g/mol. The molecule has 3 rings (SSSR count). The Hall–Kier alpha value is -2.08. The van der Waals surface area contributed by atoms with Crippen LogP contribution in [0.3, 0.4) is 0 Å². The van der Waals surface area contributed by atoms with E-state index in [0.29, 0.717) is 5.69 Å². The number of thiophene rings is 1. The Morgan fingerprint density at radius 2 is 2.29 bits per heavy atom. The molecule has 2 heterocycles. The lowest BCUT2D eigenvalue weighted by Crippen LogP contribution is -2.35. The number of halogens is 1. The number of nitrogens with zero attached hydrogens (tertiary/aromatic N) is 2. The average Bonchev–Trinajstić information content (AvgIpc) is 2.96. The summed E-state index contributed by atoms with van der Waals surface area (Å²) in [6.45, 7) is 2.87. The Labute approximate surface area is 126 Å². The number of benzene rings is 1. The largest absolute Gasteiger partial charge is 0.409 e. The van der Waals surface area contributed by atoms with Gasteiger partial charge in [-0.25, -0.2) is 4.39 Å². The minimum atomic E-state index is -0.480. The molecule has 1 aromatic carbocycles. The van der Waals surface area contributed by atoms with Crippen molar-refractivity contribution in [1.29, 1.82) is 0 Å². The van der Waals surface area contributed by atoms with E-state index in [-0.39, 0.29) is 17.4 Å². The van der Waals surface area contributed by atoms with Gasteiger partial charge in [-0.2, -0.15) is 0 Å². The molecule has 1 aliphatic rings. The second-order valence-electron chi connectivity index (χ2n) is 5.04. The summed E-state index contributed by atoms with van der Waals surface area (Å²) in [7, 11) is 0. The molecule has 1 aliphatic heterocycles. The zero-order chi connectivity index (χ0) is 15.0. The molecule has 0 bridgehead atoms. The summed E-state index contributed by atoms with van der Waals surface area (Å²) in [5.41, 5.74) is 7.74. The van der Waals surface area contributed by atoms with Crippen LogP contribution in [0.1, 0.15) is 29.0 Å². The summed E-state index contributed by atoms with van der Waals surface area (Å²) >= 11 is 1.76. The van der Waals surface area contributed by atoms with Gasteiger partial charge in [0.05, 0.1) is 17.3 Å². The third kappa shape index (κ3) is 2.25. The Morgan fingerprint density at radius 3 is 3.05 bits per heavy atom. The lowest BCUT2D eigenvalue weighted by Gasteiger charge is -2.36. The van der Waals surface area contributed by atoms with E-state index < -0.39 is 5.82 Å². The van der Waals surface area contributed by atoms with E-state index in [1.54, 1.807) is 17.4 Å². The van der Waals surface area contributed by atoms with Gasteiger partial charge in [-0.3, -0.25) is 0 Å². The molecule has 6 heteroatoms. The van der Waals surface area contributed by atoms with Gasteiger partial charge in [0.25, 0.3) is 0 Å². The van der Waals surface area contributed by atoms with Crippen molar-refractivity contribution in [3.05, 3.63) is 51.5 Å². The van der Waals surface area contributed by atoms with Gasteiger partial charge in [-0.15, -0.1) is 11.3 Å². The van der Waals surface area contributed by atoms with Gasteiger partial charge in [-0.05, 0) is 42.5 Å². The Bertz CT molecular complexity index is 698. The molecule has 0 saturated heterocycles. The van der Waals surface area contributed by atoms with Crippen LogP contribution >= 0.6 is 11.3 Å². The minimum Gasteiger partial charge on any atom is -0.409 e. The predicted molar refractivity (Wildman–Crippen MR) is 82.7 cm³/mol. The van der Waals surface area contributed by atoms with Crippen LogP contribution in [0.15, 0.2) is 34.8 Å². The van der Waals surface area contributed by atoms with Crippen LogP contribution in [-0.2, 0) is 6.42 Å². The molecule has 110 valence electrons. The molecule has 0 radical (unpaired) electrons. The van der Waals surface area contributed by atoms with Crippen LogP contribution in [0.4, 0.5) is 10.1 Å². The van der Waals surface area contributed by atoms with Crippen molar-refractivity contribution in [3.63, 3.8) is 0 Å². The maximum absolute atomic E-state index is 14.1. The zero-order valence-corrected chi connectivity index (χ0v) is 12.4. The van der Waals surface area contributed by atoms with E-state index in [0.717, 1.165) is 13.0 Å². The normalized spacial score (nSPS) is 18.7. The van der Waals surface area contributed by atoms with Crippen LogP contribution < -0.4 is 10.6 Å². The molecule has 21 heavy (non-hydrogen) atoms. The summed E-state index contributed by atoms with van der Waals surface area (Å²) in [5.74, 6) is -0.683. The number of hydrogen-bond donors (Lipinski definition) is 2. The zero-order valence-electron chi connectivity index (χ0n) is 11.6. The van der Waals surface area contributed by atoms with Crippen molar-refractivity contribution in [1.82, 2.24) is 0 Å². The van der Waals surface area contributed by atoms with Gasteiger partial charge in [0.1, 0.15) is 5.82 Å². The minimum absolute atomic E-state index is 0.132. The molecule has 3 N–H and O–H groups in total. The lowest BCUT2D eigenvalue weighted by atomic mass is 9.99. The van der Waals surface area contributed by atoms with Crippen molar-refractivity contribution in [2.75, 3.05) is 11.4 Å². The van der Waals surface area contributed by atoms with Gasteiger partial charge in [0.2, 0.25) is 0 Å². The third-order valence-corrected chi connectivity index (χ3v) is 4.94. The highest BCUT2D eigenvalue weighted by Crippen LogP contribution is 2.37. The molecule has 0 aliphatic carbocycles. The molecule has 1 aromatic heterocycles. The number of hydrogen-bond acceptors (Lipinski definition) is 4. The predicted octanol–water partition coefficient (Wildman–Crippen LogP) is 3.11. The number of fused-ring (bicyclic) bond motifs is 1. The van der Waals surface area contributed by atoms with E-state index in [2.05, 4.69) is 28.4 Å². The topological polar surface area (TPSA) is 61.8 Å². The first-order chi connectivity index (χ1) is 10.1. The summed E-state index contributed by atoms with van der Waals surface area (Å²) in [4.78, 5) is 3.48. The molecule has 0 amide bonds. The number of oxime groups is 1. The molecule has 0 spiro atoms. The fourth-order valence-corrected chi connectivity index (χ4v) is 3.86. The molecule has 1 unspecified atom stereocenters. The van der Waals surface area contributed by atoms with E-state index in [9.17, 15) is 4.39 Å². The first-order valence-corrected chi connectivity index (χ1v) is 7.60. The number of anilines is 1. The van der Waals surface area contributed by atoms with Crippen LogP contribution in [0, 0.1) is 5.82 Å². The average molecular weight is 305 g/mol. The van der Waals surface area contributed by atoms with Crippen molar-refractivity contribution in [2.45, 2.75) is 19.4 Å². The highest BCUT2D eigenvalue weighted by Gasteiger charge is 2.28. The quantitative estimate of drug-likeness (QED) is 0.388. The molecular formula is C15H16FN3OS. The Morgan fingerprint density at radius 1 is 1.48 bits per heavy atom. The first kappa shape index (κ1) is 13.9. The monoisotopic (exact) mass is 305 g/mol. The van der Waals surface area contributed by atoms with Crippen LogP contribution in [0.2, 0.25) is 0 Å². The second-order valence-corrected chi connectivity index (χ2v) is 6.04. The highest BCUT2D eigenvalue weighted by atomic mass is 32.1. The highest BCUT2D eigenvalue weighted by molar-refractivity contribution is 7.10. The fraction of sp³-hybridized carbons (Fsp3) is 0.267. The summed E-state index contributed by atoms with van der Waals surface area (Å²) in [5, 5.41) is 14.0. The molecule has 0 fully saturated rings. The summed E-state index contributed by atoms with van der Waals surface area (Å²) in [6, 6.07) is 7.02. The lowest BCUT2D eigenvalue weighted by molar-refractivity contribution is 0.318. The molecule has 0 saturated carbocycles. The summed E-state index contributed by atoms with van der Waals surface area (Å²) in [6.07, 6.45) is 0.920. The van der Waals surface area contributed by atoms with Crippen LogP contribution in [-0.4, -0.2) is 17.6 Å². The summed E-state index contributed by atoms with van der Waals surface area (Å²) < 4.78 is 14.1. The van der Waals surface area contributed by atoms with Gasteiger partial charge in [-0.1, -0.05) is 11.2 Å². The van der Waals surface area contributed by atoms with Gasteiger partial charge < -0.3 is 15.8 Å². The van der Waals surface area contributed by atoms with Gasteiger partial charge >= 0.3 is 0 Å². The van der Waals surface area contributed by atoms with E-state index in [1.807, 2.05) is 6.07 Å². The van der Waals surface area contributed by atoms with E-state index >= 15 is 0 Å². The van der Waals surface area contributed by atoms with E-state index in [1.165, 1.54) is 16.5 Å². The maximum Gasteiger partial charge on any atom is 0.175 e. The number of amidine groups is 1. The maximum atomic E-state index is 14.1. The smallest absolute Gasteiger partial charge is 0.175 e. The molecule has 4 nitrogen and oxygen atoms in total. The molecule has 2 aromatic rings. The van der Waals surface area contributed by atoms with Crippen molar-refractivity contribution >= 4 is 22.9 Å². The molecule has 1 atom stereocenters. The van der Waals surface area contributed by atoms with Crippen LogP contribution in [0.25, 0.3) is 0 Å². The van der Waals surface area contributed by atoms with E-state index in [4.69, 9.17) is 10.9 Å². The first-order valence-electron chi connectivity index (χ1n) is 6.72. The third-order valence-electron chi connectivity index (χ3n) is 3.94. The van der Waals surface area contributed by atoms with Crippen molar-refractivity contribution < 1.29 is 9.60 Å². The number of rotatable bonds is 2. The van der Waals surface area contributed by atoms with Crippen LogP contribution in [0.5, 0.6) is 0 Å².